The van der Waals surface area contributed by atoms with Crippen LogP contribution in [0.2, 0.25) is 0 Å². The molecular formula is C12H23BrN2O. The predicted molar refractivity (Wildman–Crippen MR) is 70.9 cm³/mol. The van der Waals surface area contributed by atoms with Gasteiger partial charge in [0.1, 0.15) is 0 Å². The minimum atomic E-state index is 0.331. The lowest BCUT2D eigenvalue weighted by atomic mass is 10.1. The summed E-state index contributed by atoms with van der Waals surface area (Å²) < 4.78 is 0. The summed E-state index contributed by atoms with van der Waals surface area (Å²) in [5.74, 6) is 0.923. The van der Waals surface area contributed by atoms with E-state index in [0.29, 0.717) is 24.3 Å². The van der Waals surface area contributed by atoms with Gasteiger partial charge in [-0.25, -0.2) is 0 Å². The molecule has 1 aliphatic rings. The topological polar surface area (TPSA) is 23.6 Å². The van der Waals surface area contributed by atoms with Crippen LogP contribution in [0.1, 0.15) is 26.2 Å². The summed E-state index contributed by atoms with van der Waals surface area (Å²) in [5, 5.41) is 0.997. The van der Waals surface area contributed by atoms with Crippen molar-refractivity contribution in [1.82, 2.24) is 9.80 Å². The molecule has 0 bridgehead atoms. The average molecular weight is 291 g/mol. The first-order valence-electron chi connectivity index (χ1n) is 6.06. The lowest BCUT2D eigenvalue weighted by molar-refractivity contribution is -0.130. The number of carbonyl (C=O) groups excluding carboxylic acids is 1. The molecule has 0 aromatic heterocycles. The van der Waals surface area contributed by atoms with Crippen molar-refractivity contribution in [3.63, 3.8) is 0 Å². The maximum atomic E-state index is 11.9. The first-order valence-corrected chi connectivity index (χ1v) is 7.18. The zero-order chi connectivity index (χ0) is 12.1. The van der Waals surface area contributed by atoms with Crippen molar-refractivity contribution in [1.29, 1.82) is 0 Å². The molecular weight excluding hydrogens is 268 g/mol. The van der Waals surface area contributed by atoms with Gasteiger partial charge in [-0.15, -0.1) is 0 Å². The maximum absolute atomic E-state index is 11.9. The van der Waals surface area contributed by atoms with Crippen molar-refractivity contribution in [3.05, 3.63) is 0 Å². The van der Waals surface area contributed by atoms with E-state index in [4.69, 9.17) is 0 Å². The highest BCUT2D eigenvalue weighted by atomic mass is 79.9. The molecule has 1 saturated heterocycles. The summed E-state index contributed by atoms with van der Waals surface area (Å²) in [4.78, 5) is 16.2. The van der Waals surface area contributed by atoms with Gasteiger partial charge in [-0.2, -0.15) is 0 Å². The van der Waals surface area contributed by atoms with Crippen molar-refractivity contribution >= 4 is 21.8 Å². The van der Waals surface area contributed by atoms with Gasteiger partial charge in [-0.3, -0.25) is 4.79 Å². The monoisotopic (exact) mass is 290 g/mol. The molecule has 0 spiro atoms. The summed E-state index contributed by atoms with van der Waals surface area (Å²) in [6.45, 7) is 4.06. The molecule has 0 aromatic carbocycles. The fraction of sp³-hybridized carbons (Fsp3) is 0.917. The van der Waals surface area contributed by atoms with E-state index >= 15 is 0 Å². The molecule has 2 unspecified atom stereocenters. The number of rotatable bonds is 5. The molecule has 16 heavy (non-hydrogen) atoms. The zero-order valence-electron chi connectivity index (χ0n) is 10.6. The Labute approximate surface area is 107 Å². The maximum Gasteiger partial charge on any atom is 0.222 e. The minimum absolute atomic E-state index is 0.331. The van der Waals surface area contributed by atoms with E-state index in [9.17, 15) is 4.79 Å². The van der Waals surface area contributed by atoms with Gasteiger partial charge < -0.3 is 9.80 Å². The predicted octanol–water partition coefficient (Wildman–Crippen LogP) is 1.96. The largest absolute Gasteiger partial charge is 0.341 e. The normalized spacial score (nSPS) is 25.4. The standard InChI is InChI=1S/C12H23BrN2O/c1-10-8-15(9-11(10)14(2)3)12(16)6-4-5-7-13/h10-11H,4-9H2,1-3H3. The number of unbranched alkanes of at least 4 members (excludes halogenated alkanes) is 1. The van der Waals surface area contributed by atoms with Crippen LogP contribution in [-0.2, 0) is 4.79 Å². The van der Waals surface area contributed by atoms with Crippen LogP contribution in [0.5, 0.6) is 0 Å². The molecule has 0 radical (unpaired) electrons. The number of carbonyl (C=O) groups is 1. The zero-order valence-corrected chi connectivity index (χ0v) is 12.2. The highest BCUT2D eigenvalue weighted by Gasteiger charge is 2.32. The highest BCUT2D eigenvalue weighted by Crippen LogP contribution is 2.21. The lowest BCUT2D eigenvalue weighted by Crippen LogP contribution is -2.35. The van der Waals surface area contributed by atoms with Crippen molar-refractivity contribution in [2.45, 2.75) is 32.2 Å². The number of hydrogen-bond donors (Lipinski definition) is 0. The minimum Gasteiger partial charge on any atom is -0.341 e. The second-order valence-electron chi connectivity index (χ2n) is 4.95. The number of amides is 1. The molecule has 2 atom stereocenters. The lowest BCUT2D eigenvalue weighted by Gasteiger charge is -2.22. The fourth-order valence-corrected chi connectivity index (χ4v) is 2.75. The summed E-state index contributed by atoms with van der Waals surface area (Å²) in [6.07, 6.45) is 2.80. The van der Waals surface area contributed by atoms with Crippen molar-refractivity contribution in [2.24, 2.45) is 5.92 Å². The molecule has 3 nitrogen and oxygen atoms in total. The molecule has 94 valence electrons. The van der Waals surface area contributed by atoms with Gasteiger partial charge in [0.05, 0.1) is 0 Å². The van der Waals surface area contributed by atoms with Gasteiger partial charge in [-0.05, 0) is 32.9 Å². The number of likely N-dealkylation sites (tertiary alicyclic amines) is 1. The van der Waals surface area contributed by atoms with Crippen molar-refractivity contribution in [2.75, 3.05) is 32.5 Å². The molecule has 1 fully saturated rings. The molecule has 4 heteroatoms. The third-order valence-corrected chi connectivity index (χ3v) is 3.92. The van der Waals surface area contributed by atoms with Gasteiger partial charge in [0, 0.05) is 30.9 Å². The Balaban J connectivity index is 2.36. The van der Waals surface area contributed by atoms with Gasteiger partial charge >= 0.3 is 0 Å². The molecule has 0 aromatic rings. The summed E-state index contributed by atoms with van der Waals surface area (Å²) >= 11 is 3.39. The molecule has 1 amide bonds. The van der Waals surface area contributed by atoms with Crippen molar-refractivity contribution < 1.29 is 4.79 Å². The number of nitrogens with zero attached hydrogens (tertiary/aromatic N) is 2. The van der Waals surface area contributed by atoms with E-state index in [1.165, 1.54) is 0 Å². The second-order valence-corrected chi connectivity index (χ2v) is 5.75. The van der Waals surface area contributed by atoms with Crippen LogP contribution in [0.4, 0.5) is 0 Å². The smallest absolute Gasteiger partial charge is 0.222 e. The number of halogens is 1. The van der Waals surface area contributed by atoms with Crippen LogP contribution in [0, 0.1) is 5.92 Å². The number of likely N-dealkylation sites (N-methyl/N-ethyl adjacent to an activating group) is 1. The highest BCUT2D eigenvalue weighted by molar-refractivity contribution is 9.09. The van der Waals surface area contributed by atoms with Gasteiger partial charge in [0.25, 0.3) is 0 Å². The quantitative estimate of drug-likeness (QED) is 0.571. The Hall–Kier alpha value is -0.0900. The summed E-state index contributed by atoms with van der Waals surface area (Å²) in [7, 11) is 4.19. The molecule has 0 aliphatic carbocycles. The van der Waals surface area contributed by atoms with E-state index < -0.39 is 0 Å². The molecule has 1 aliphatic heterocycles. The molecule has 0 saturated carbocycles. The fourth-order valence-electron chi connectivity index (χ4n) is 2.35. The first-order chi connectivity index (χ1) is 7.56. The summed E-state index contributed by atoms with van der Waals surface area (Å²) in [6, 6.07) is 0.528. The van der Waals surface area contributed by atoms with Crippen LogP contribution < -0.4 is 0 Å². The van der Waals surface area contributed by atoms with Crippen LogP contribution in [0.25, 0.3) is 0 Å². The third-order valence-electron chi connectivity index (χ3n) is 3.36. The van der Waals surface area contributed by atoms with Crippen LogP contribution >= 0.6 is 15.9 Å². The van der Waals surface area contributed by atoms with Gasteiger partial charge in [0.2, 0.25) is 5.91 Å². The second kappa shape index (κ2) is 6.60. The average Bonchev–Trinajstić information content (AvgIpc) is 2.60. The molecule has 1 rings (SSSR count). The molecule has 1 heterocycles. The Kier molecular flexibility index (Phi) is 5.76. The van der Waals surface area contributed by atoms with E-state index in [-0.39, 0.29) is 0 Å². The van der Waals surface area contributed by atoms with E-state index in [0.717, 1.165) is 31.3 Å². The first kappa shape index (κ1) is 14.0. The Bertz CT molecular complexity index is 233. The Morgan fingerprint density at radius 3 is 2.56 bits per heavy atom. The summed E-state index contributed by atoms with van der Waals surface area (Å²) in [5.41, 5.74) is 0. The van der Waals surface area contributed by atoms with Gasteiger partial charge in [0.15, 0.2) is 0 Å². The van der Waals surface area contributed by atoms with E-state index in [1.807, 2.05) is 4.90 Å². The Morgan fingerprint density at radius 1 is 1.38 bits per heavy atom. The SMILES string of the molecule is CC1CN(C(=O)CCCCBr)CC1N(C)C. The number of alkyl halides is 1. The van der Waals surface area contributed by atoms with Crippen LogP contribution in [-0.4, -0.2) is 54.3 Å². The van der Waals surface area contributed by atoms with Gasteiger partial charge in [-0.1, -0.05) is 22.9 Å². The van der Waals surface area contributed by atoms with Crippen LogP contribution in [0.15, 0.2) is 0 Å². The molecule has 0 N–H and O–H groups in total. The number of hydrogen-bond acceptors (Lipinski definition) is 2. The van der Waals surface area contributed by atoms with E-state index in [2.05, 4.69) is 41.8 Å². The Morgan fingerprint density at radius 2 is 2.06 bits per heavy atom. The third kappa shape index (κ3) is 3.74. The van der Waals surface area contributed by atoms with Crippen LogP contribution in [0.3, 0.4) is 0 Å². The van der Waals surface area contributed by atoms with E-state index in [1.54, 1.807) is 0 Å². The van der Waals surface area contributed by atoms with Crippen molar-refractivity contribution in [3.8, 4) is 0 Å².